The van der Waals surface area contributed by atoms with E-state index in [9.17, 15) is 13.2 Å². The molecule has 1 aromatic carbocycles. The number of furan rings is 1. The number of aryl methyl sites for hydroxylation is 1. The molecule has 0 saturated carbocycles. The highest BCUT2D eigenvalue weighted by Gasteiger charge is 2.27. The molecule has 0 bridgehead atoms. The van der Waals surface area contributed by atoms with Gasteiger partial charge in [0.15, 0.2) is 5.76 Å². The number of nitrogens with one attached hydrogen (secondary N) is 1. The van der Waals surface area contributed by atoms with Crippen LogP contribution in [0.25, 0.3) is 0 Å². The number of nitrogens with zero attached hydrogens (tertiary/aromatic N) is 1. The Morgan fingerprint density at radius 1 is 1.21 bits per heavy atom. The van der Waals surface area contributed by atoms with Gasteiger partial charge < -0.3 is 19.2 Å². The zero-order chi connectivity index (χ0) is 20.3. The van der Waals surface area contributed by atoms with E-state index in [1.54, 1.807) is 19.1 Å². The number of ether oxygens (including phenoxy) is 2. The predicted molar refractivity (Wildman–Crippen MR) is 103 cm³/mol. The number of anilines is 1. The van der Waals surface area contributed by atoms with E-state index in [2.05, 4.69) is 5.32 Å². The third-order valence-electron chi connectivity index (χ3n) is 4.24. The minimum Gasteiger partial charge on any atom is -0.489 e. The first-order valence-electron chi connectivity index (χ1n) is 9.03. The maximum Gasteiger partial charge on any atom is 0.291 e. The Morgan fingerprint density at radius 2 is 1.93 bits per heavy atom. The molecule has 0 atom stereocenters. The van der Waals surface area contributed by atoms with Crippen LogP contribution in [0.15, 0.2) is 39.8 Å². The summed E-state index contributed by atoms with van der Waals surface area (Å²) in [6.45, 7) is 6.74. The van der Waals surface area contributed by atoms with Crippen LogP contribution in [0, 0.1) is 6.92 Å². The van der Waals surface area contributed by atoms with Gasteiger partial charge in [0.05, 0.1) is 36.2 Å². The van der Waals surface area contributed by atoms with Crippen molar-refractivity contribution in [3.8, 4) is 5.75 Å². The van der Waals surface area contributed by atoms with Crippen LogP contribution in [-0.4, -0.2) is 51.0 Å². The molecular formula is C19H24N2O6S. The van der Waals surface area contributed by atoms with Gasteiger partial charge in [-0.05, 0) is 45.0 Å². The van der Waals surface area contributed by atoms with E-state index in [0.29, 0.717) is 37.6 Å². The van der Waals surface area contributed by atoms with E-state index >= 15 is 0 Å². The van der Waals surface area contributed by atoms with E-state index in [4.69, 9.17) is 13.9 Å². The van der Waals surface area contributed by atoms with Crippen molar-refractivity contribution in [1.82, 2.24) is 4.31 Å². The molecule has 0 unspecified atom stereocenters. The first-order valence-corrected chi connectivity index (χ1v) is 10.5. The van der Waals surface area contributed by atoms with Gasteiger partial charge in [-0.1, -0.05) is 0 Å². The Balaban J connectivity index is 1.95. The summed E-state index contributed by atoms with van der Waals surface area (Å²) in [7, 11) is -3.70. The topological polar surface area (TPSA) is 98.1 Å². The van der Waals surface area contributed by atoms with Crippen LogP contribution in [-0.2, 0) is 14.8 Å². The van der Waals surface area contributed by atoms with Crippen LogP contribution in [0.1, 0.15) is 30.0 Å². The summed E-state index contributed by atoms with van der Waals surface area (Å²) < 4.78 is 43.4. The van der Waals surface area contributed by atoms with E-state index < -0.39 is 15.9 Å². The molecule has 1 fully saturated rings. The lowest BCUT2D eigenvalue weighted by atomic mass is 10.2. The Morgan fingerprint density at radius 3 is 2.54 bits per heavy atom. The van der Waals surface area contributed by atoms with Gasteiger partial charge in [0, 0.05) is 18.7 Å². The molecule has 1 saturated heterocycles. The van der Waals surface area contributed by atoms with Gasteiger partial charge in [0.25, 0.3) is 5.91 Å². The molecule has 152 valence electrons. The van der Waals surface area contributed by atoms with Gasteiger partial charge in [-0.2, -0.15) is 4.31 Å². The number of carbonyl (C=O) groups is 1. The van der Waals surface area contributed by atoms with Gasteiger partial charge in [0.2, 0.25) is 10.0 Å². The summed E-state index contributed by atoms with van der Waals surface area (Å²) in [5.41, 5.74) is 0.949. The minimum atomic E-state index is -3.70. The first kappa shape index (κ1) is 20.4. The van der Waals surface area contributed by atoms with Gasteiger partial charge in [-0.15, -0.1) is 0 Å². The third-order valence-corrected chi connectivity index (χ3v) is 6.13. The maximum atomic E-state index is 12.9. The largest absolute Gasteiger partial charge is 0.489 e. The Kier molecular flexibility index (Phi) is 6.07. The lowest BCUT2D eigenvalue weighted by Crippen LogP contribution is -2.40. The van der Waals surface area contributed by atoms with Crippen LogP contribution in [0.4, 0.5) is 5.69 Å². The summed E-state index contributed by atoms with van der Waals surface area (Å²) in [6.07, 6.45) is 1.28. The number of hydrogen-bond donors (Lipinski definition) is 1. The van der Waals surface area contributed by atoms with Crippen LogP contribution < -0.4 is 10.1 Å². The zero-order valence-corrected chi connectivity index (χ0v) is 16.9. The third kappa shape index (κ3) is 4.37. The molecule has 1 aromatic heterocycles. The standard InChI is InChI=1S/C19H24N2O6S/c1-13(2)27-17-5-4-15(28(23,24)21-7-10-25-11-8-21)12-16(17)20-19(22)18-14(3)6-9-26-18/h4-6,9,12-13H,7-8,10-11H2,1-3H3,(H,20,22). The quantitative estimate of drug-likeness (QED) is 0.789. The Hall–Kier alpha value is -2.36. The maximum absolute atomic E-state index is 12.9. The number of morpholine rings is 1. The first-order chi connectivity index (χ1) is 13.3. The lowest BCUT2D eigenvalue weighted by molar-refractivity contribution is 0.0730. The summed E-state index contributed by atoms with van der Waals surface area (Å²) in [4.78, 5) is 12.6. The van der Waals surface area contributed by atoms with Crippen molar-refractivity contribution in [2.75, 3.05) is 31.6 Å². The Labute approximate surface area is 164 Å². The molecule has 1 amide bonds. The molecule has 3 rings (SSSR count). The van der Waals surface area contributed by atoms with Gasteiger partial charge in [-0.25, -0.2) is 8.42 Å². The highest BCUT2D eigenvalue weighted by molar-refractivity contribution is 7.89. The number of hydrogen-bond acceptors (Lipinski definition) is 6. The van der Waals surface area contributed by atoms with Gasteiger partial charge in [0.1, 0.15) is 5.75 Å². The van der Waals surface area contributed by atoms with Crippen molar-refractivity contribution < 1.29 is 27.1 Å². The second-order valence-electron chi connectivity index (χ2n) is 6.73. The molecule has 1 aliphatic heterocycles. The molecule has 9 heteroatoms. The van der Waals surface area contributed by atoms with Crippen molar-refractivity contribution >= 4 is 21.6 Å². The SMILES string of the molecule is Cc1ccoc1C(=O)Nc1cc(S(=O)(=O)N2CCOCC2)ccc1OC(C)C. The molecule has 8 nitrogen and oxygen atoms in total. The molecule has 0 radical (unpaired) electrons. The number of benzene rings is 1. The summed E-state index contributed by atoms with van der Waals surface area (Å²) >= 11 is 0. The molecule has 0 aliphatic carbocycles. The number of rotatable bonds is 6. The molecule has 28 heavy (non-hydrogen) atoms. The molecule has 2 aromatic rings. The normalized spacial score (nSPS) is 15.6. The van der Waals surface area contributed by atoms with Crippen molar-refractivity contribution in [3.63, 3.8) is 0 Å². The molecule has 0 spiro atoms. The molecule has 1 aliphatic rings. The summed E-state index contributed by atoms with van der Waals surface area (Å²) in [6, 6.07) is 6.13. The molecule has 1 N–H and O–H groups in total. The van der Waals surface area contributed by atoms with Crippen molar-refractivity contribution in [2.45, 2.75) is 31.8 Å². The number of amides is 1. The van der Waals surface area contributed by atoms with Crippen molar-refractivity contribution in [1.29, 1.82) is 0 Å². The van der Waals surface area contributed by atoms with Crippen LogP contribution in [0.5, 0.6) is 5.75 Å². The van der Waals surface area contributed by atoms with Gasteiger partial charge >= 0.3 is 0 Å². The average molecular weight is 408 g/mol. The predicted octanol–water partition coefficient (Wildman–Crippen LogP) is 2.65. The van der Waals surface area contributed by atoms with E-state index in [1.165, 1.54) is 22.7 Å². The van der Waals surface area contributed by atoms with E-state index in [1.807, 2.05) is 13.8 Å². The van der Waals surface area contributed by atoms with Gasteiger partial charge in [-0.3, -0.25) is 4.79 Å². The molecule has 2 heterocycles. The fraction of sp³-hybridized carbons (Fsp3) is 0.421. The second-order valence-corrected chi connectivity index (χ2v) is 8.67. The number of sulfonamides is 1. The highest BCUT2D eigenvalue weighted by Crippen LogP contribution is 2.31. The fourth-order valence-electron chi connectivity index (χ4n) is 2.84. The lowest BCUT2D eigenvalue weighted by Gasteiger charge is -2.26. The second kappa shape index (κ2) is 8.34. The van der Waals surface area contributed by atoms with E-state index in [0.717, 1.165) is 0 Å². The van der Waals surface area contributed by atoms with Crippen LogP contribution in [0.3, 0.4) is 0 Å². The van der Waals surface area contributed by atoms with Crippen LogP contribution >= 0.6 is 0 Å². The fourth-order valence-corrected chi connectivity index (χ4v) is 4.28. The summed E-state index contributed by atoms with van der Waals surface area (Å²) in [5, 5.41) is 2.71. The van der Waals surface area contributed by atoms with Crippen LogP contribution in [0.2, 0.25) is 0 Å². The minimum absolute atomic E-state index is 0.0805. The zero-order valence-electron chi connectivity index (χ0n) is 16.1. The number of carbonyl (C=O) groups excluding carboxylic acids is 1. The monoisotopic (exact) mass is 408 g/mol. The van der Waals surface area contributed by atoms with Crippen molar-refractivity contribution in [3.05, 3.63) is 41.9 Å². The average Bonchev–Trinajstić information content (AvgIpc) is 3.09. The van der Waals surface area contributed by atoms with E-state index in [-0.39, 0.29) is 22.4 Å². The van der Waals surface area contributed by atoms with Crippen molar-refractivity contribution in [2.24, 2.45) is 0 Å². The molecular weight excluding hydrogens is 384 g/mol. The Bertz CT molecular complexity index is 945. The smallest absolute Gasteiger partial charge is 0.291 e. The summed E-state index contributed by atoms with van der Waals surface area (Å²) in [5.74, 6) is 0.0717. The highest BCUT2D eigenvalue weighted by atomic mass is 32.2.